The summed E-state index contributed by atoms with van der Waals surface area (Å²) in [5.41, 5.74) is 1.18. The van der Waals surface area contributed by atoms with E-state index in [0.717, 1.165) is 31.0 Å². The molecule has 0 saturated carbocycles. The SMILES string of the molecule is CCCN(Cc1cccc(OC)c1)C[C@@H](O)COc1ccccc1. The molecule has 0 aliphatic heterocycles. The monoisotopic (exact) mass is 329 g/mol. The Morgan fingerprint density at radius 1 is 1.04 bits per heavy atom. The second-order valence-corrected chi connectivity index (χ2v) is 5.86. The molecule has 0 aromatic heterocycles. The van der Waals surface area contributed by atoms with E-state index in [1.54, 1.807) is 7.11 Å². The number of aliphatic hydroxyl groups excluding tert-OH is 1. The van der Waals surface area contributed by atoms with Crippen LogP contribution in [0.5, 0.6) is 11.5 Å². The van der Waals surface area contributed by atoms with Gasteiger partial charge >= 0.3 is 0 Å². The van der Waals surface area contributed by atoms with Crippen LogP contribution in [0.3, 0.4) is 0 Å². The van der Waals surface area contributed by atoms with Crippen molar-refractivity contribution in [2.75, 3.05) is 26.8 Å². The molecule has 0 amide bonds. The lowest BCUT2D eigenvalue weighted by atomic mass is 10.2. The van der Waals surface area contributed by atoms with E-state index < -0.39 is 6.10 Å². The first-order valence-electron chi connectivity index (χ1n) is 8.42. The zero-order valence-corrected chi connectivity index (χ0v) is 14.5. The molecule has 0 aliphatic carbocycles. The number of ether oxygens (including phenoxy) is 2. The quantitative estimate of drug-likeness (QED) is 0.726. The van der Waals surface area contributed by atoms with Gasteiger partial charge in [0.15, 0.2) is 0 Å². The minimum Gasteiger partial charge on any atom is -0.497 e. The summed E-state index contributed by atoms with van der Waals surface area (Å²) in [6, 6.07) is 17.6. The smallest absolute Gasteiger partial charge is 0.119 e. The van der Waals surface area contributed by atoms with Crippen molar-refractivity contribution in [1.82, 2.24) is 4.90 Å². The largest absolute Gasteiger partial charge is 0.497 e. The summed E-state index contributed by atoms with van der Waals surface area (Å²) >= 11 is 0. The van der Waals surface area contributed by atoms with Crippen LogP contribution in [0.15, 0.2) is 54.6 Å². The predicted octanol–water partition coefficient (Wildman–Crippen LogP) is 3.35. The molecule has 0 heterocycles. The van der Waals surface area contributed by atoms with E-state index in [2.05, 4.69) is 17.9 Å². The summed E-state index contributed by atoms with van der Waals surface area (Å²) in [4.78, 5) is 2.24. The molecule has 0 fully saturated rings. The number of aliphatic hydroxyl groups is 1. The van der Waals surface area contributed by atoms with Crippen molar-refractivity contribution in [1.29, 1.82) is 0 Å². The third-order valence-electron chi connectivity index (χ3n) is 3.73. The Morgan fingerprint density at radius 3 is 2.50 bits per heavy atom. The summed E-state index contributed by atoms with van der Waals surface area (Å²) in [5.74, 6) is 1.64. The van der Waals surface area contributed by atoms with Gasteiger partial charge in [-0.05, 0) is 42.8 Å². The van der Waals surface area contributed by atoms with Gasteiger partial charge in [0.2, 0.25) is 0 Å². The fourth-order valence-corrected chi connectivity index (χ4v) is 2.64. The summed E-state index contributed by atoms with van der Waals surface area (Å²) in [6.45, 7) is 4.73. The number of hydrogen-bond acceptors (Lipinski definition) is 4. The van der Waals surface area contributed by atoms with Crippen molar-refractivity contribution in [3.05, 3.63) is 60.2 Å². The molecule has 4 heteroatoms. The maximum absolute atomic E-state index is 10.3. The second kappa shape index (κ2) is 9.96. The molecule has 0 bridgehead atoms. The van der Waals surface area contributed by atoms with Crippen LogP contribution >= 0.6 is 0 Å². The van der Waals surface area contributed by atoms with Crippen molar-refractivity contribution < 1.29 is 14.6 Å². The minimum atomic E-state index is -0.526. The highest BCUT2D eigenvalue weighted by Crippen LogP contribution is 2.15. The second-order valence-electron chi connectivity index (χ2n) is 5.86. The highest BCUT2D eigenvalue weighted by molar-refractivity contribution is 5.28. The van der Waals surface area contributed by atoms with E-state index in [-0.39, 0.29) is 0 Å². The molecular formula is C20H27NO3. The van der Waals surface area contributed by atoms with E-state index >= 15 is 0 Å². The van der Waals surface area contributed by atoms with Gasteiger partial charge in [0.1, 0.15) is 24.2 Å². The number of rotatable bonds is 10. The highest BCUT2D eigenvalue weighted by Gasteiger charge is 2.13. The molecular weight excluding hydrogens is 302 g/mol. The van der Waals surface area contributed by atoms with Gasteiger partial charge in [-0.2, -0.15) is 0 Å². The van der Waals surface area contributed by atoms with Crippen LogP contribution in [-0.2, 0) is 6.54 Å². The zero-order chi connectivity index (χ0) is 17.2. The normalized spacial score (nSPS) is 12.2. The van der Waals surface area contributed by atoms with Gasteiger partial charge in [-0.3, -0.25) is 4.90 Å². The van der Waals surface area contributed by atoms with Crippen LogP contribution in [0.25, 0.3) is 0 Å². The molecule has 0 aliphatic rings. The average molecular weight is 329 g/mol. The first-order chi connectivity index (χ1) is 11.7. The van der Waals surface area contributed by atoms with Crippen molar-refractivity contribution in [3.63, 3.8) is 0 Å². The van der Waals surface area contributed by atoms with Crippen molar-refractivity contribution >= 4 is 0 Å². The van der Waals surface area contributed by atoms with E-state index in [1.165, 1.54) is 5.56 Å². The van der Waals surface area contributed by atoms with Crippen LogP contribution in [0, 0.1) is 0 Å². The van der Waals surface area contributed by atoms with Gasteiger partial charge in [0, 0.05) is 13.1 Å². The predicted molar refractivity (Wildman–Crippen MR) is 96.5 cm³/mol. The Hall–Kier alpha value is -2.04. The van der Waals surface area contributed by atoms with Crippen molar-refractivity contribution in [2.24, 2.45) is 0 Å². The van der Waals surface area contributed by atoms with Gasteiger partial charge in [0.25, 0.3) is 0 Å². The molecule has 0 unspecified atom stereocenters. The van der Waals surface area contributed by atoms with Gasteiger partial charge in [-0.15, -0.1) is 0 Å². The first-order valence-corrected chi connectivity index (χ1v) is 8.42. The fraction of sp³-hybridized carbons (Fsp3) is 0.400. The third-order valence-corrected chi connectivity index (χ3v) is 3.73. The topological polar surface area (TPSA) is 41.9 Å². The Balaban J connectivity index is 1.87. The third kappa shape index (κ3) is 6.22. The summed E-state index contributed by atoms with van der Waals surface area (Å²) in [6.07, 6.45) is 0.512. The molecule has 0 saturated heterocycles. The summed E-state index contributed by atoms with van der Waals surface area (Å²) < 4.78 is 10.9. The average Bonchev–Trinajstić information content (AvgIpc) is 2.61. The number of hydrogen-bond donors (Lipinski definition) is 1. The number of nitrogens with zero attached hydrogens (tertiary/aromatic N) is 1. The van der Waals surface area contributed by atoms with Crippen LogP contribution in [0.1, 0.15) is 18.9 Å². The standard InChI is InChI=1S/C20H27NO3/c1-3-12-21(14-17-8-7-11-20(13-17)23-2)15-18(22)16-24-19-9-5-4-6-10-19/h4-11,13,18,22H,3,12,14-16H2,1-2H3/t18-/m1/s1. The Labute approximate surface area is 144 Å². The Morgan fingerprint density at radius 2 is 1.79 bits per heavy atom. The van der Waals surface area contributed by atoms with Crippen LogP contribution in [0.4, 0.5) is 0 Å². The first kappa shape index (κ1) is 18.3. The highest BCUT2D eigenvalue weighted by atomic mass is 16.5. The van der Waals surface area contributed by atoms with Gasteiger partial charge < -0.3 is 14.6 Å². The Bertz CT molecular complexity index is 588. The molecule has 1 atom stereocenters. The van der Waals surface area contributed by atoms with Crippen LogP contribution in [0.2, 0.25) is 0 Å². The molecule has 4 nitrogen and oxygen atoms in total. The molecule has 2 aromatic rings. The lowest BCUT2D eigenvalue weighted by Gasteiger charge is -2.25. The van der Waals surface area contributed by atoms with Crippen LogP contribution < -0.4 is 9.47 Å². The molecule has 130 valence electrons. The van der Waals surface area contributed by atoms with Gasteiger partial charge in [-0.1, -0.05) is 37.3 Å². The molecule has 2 rings (SSSR count). The molecule has 0 spiro atoms. The van der Waals surface area contributed by atoms with E-state index in [4.69, 9.17) is 9.47 Å². The van der Waals surface area contributed by atoms with Crippen molar-refractivity contribution in [2.45, 2.75) is 26.0 Å². The number of para-hydroxylation sites is 1. The Kier molecular flexibility index (Phi) is 7.59. The minimum absolute atomic E-state index is 0.294. The van der Waals surface area contributed by atoms with E-state index in [0.29, 0.717) is 13.2 Å². The van der Waals surface area contributed by atoms with Gasteiger partial charge in [0.05, 0.1) is 7.11 Å². The van der Waals surface area contributed by atoms with Gasteiger partial charge in [-0.25, -0.2) is 0 Å². The summed E-state index contributed by atoms with van der Waals surface area (Å²) in [5, 5.41) is 10.3. The molecule has 2 aromatic carbocycles. The van der Waals surface area contributed by atoms with Crippen LogP contribution in [-0.4, -0.2) is 42.9 Å². The number of benzene rings is 2. The van der Waals surface area contributed by atoms with E-state index in [9.17, 15) is 5.11 Å². The number of methoxy groups -OCH3 is 1. The zero-order valence-electron chi connectivity index (χ0n) is 14.5. The lowest BCUT2D eigenvalue weighted by Crippen LogP contribution is -2.35. The molecule has 0 radical (unpaired) electrons. The molecule has 1 N–H and O–H groups in total. The maximum atomic E-state index is 10.3. The van der Waals surface area contributed by atoms with E-state index in [1.807, 2.05) is 48.5 Å². The van der Waals surface area contributed by atoms with Crippen molar-refractivity contribution in [3.8, 4) is 11.5 Å². The molecule has 24 heavy (non-hydrogen) atoms. The lowest BCUT2D eigenvalue weighted by molar-refractivity contribution is 0.0656. The fourth-order valence-electron chi connectivity index (χ4n) is 2.64. The summed E-state index contributed by atoms with van der Waals surface area (Å²) in [7, 11) is 1.67. The maximum Gasteiger partial charge on any atom is 0.119 e.